The smallest absolute Gasteiger partial charge is 0.416 e. The van der Waals surface area contributed by atoms with Crippen molar-refractivity contribution in [2.75, 3.05) is 6.54 Å². The zero-order chi connectivity index (χ0) is 21.9. The standard InChI is InChI=1S/C22H19ClF3NO3/c1-3-27-21(28)13(2)29-17-7-4-14-5-8-18(11-15(14)10-17)30-20-9-6-16(12-19(20)23)22(24,25)26/h4-13H,3H2,1-2H3,(H,27,28). The SMILES string of the molecule is CCNC(=O)C(C)Oc1ccc2ccc(Oc3ccc(C(F)(F)F)cc3Cl)cc2c1. The fraction of sp³-hybridized carbons (Fsp3) is 0.227. The zero-order valence-electron chi connectivity index (χ0n) is 16.2. The Morgan fingerprint density at radius 1 is 1.03 bits per heavy atom. The average Bonchev–Trinajstić information content (AvgIpc) is 2.68. The molecule has 0 aliphatic heterocycles. The van der Waals surface area contributed by atoms with Crippen LogP contribution in [0.1, 0.15) is 19.4 Å². The number of ether oxygens (including phenoxy) is 2. The van der Waals surface area contributed by atoms with Gasteiger partial charge in [-0.1, -0.05) is 23.7 Å². The second-order valence-corrected chi connectivity index (χ2v) is 6.98. The molecule has 1 amide bonds. The van der Waals surface area contributed by atoms with Crippen LogP contribution < -0.4 is 14.8 Å². The van der Waals surface area contributed by atoms with Gasteiger partial charge in [0.05, 0.1) is 10.6 Å². The molecule has 3 aromatic rings. The van der Waals surface area contributed by atoms with E-state index in [0.29, 0.717) is 18.0 Å². The Morgan fingerprint density at radius 3 is 2.33 bits per heavy atom. The molecule has 1 atom stereocenters. The Hall–Kier alpha value is -2.93. The van der Waals surface area contributed by atoms with Gasteiger partial charge in [-0.05, 0) is 67.1 Å². The number of hydrogen-bond donors (Lipinski definition) is 1. The van der Waals surface area contributed by atoms with Gasteiger partial charge >= 0.3 is 6.18 Å². The number of carbonyl (C=O) groups is 1. The molecule has 0 bridgehead atoms. The molecule has 1 unspecified atom stereocenters. The van der Waals surface area contributed by atoms with Gasteiger partial charge in [0.15, 0.2) is 6.10 Å². The Bertz CT molecular complexity index is 1070. The molecule has 0 aliphatic carbocycles. The molecular formula is C22H19ClF3NO3. The van der Waals surface area contributed by atoms with Gasteiger partial charge in [0.2, 0.25) is 0 Å². The highest BCUT2D eigenvalue weighted by Crippen LogP contribution is 2.37. The van der Waals surface area contributed by atoms with Crippen molar-refractivity contribution in [3.8, 4) is 17.2 Å². The fourth-order valence-electron chi connectivity index (χ4n) is 2.80. The van der Waals surface area contributed by atoms with Crippen LogP contribution in [0, 0.1) is 0 Å². The minimum absolute atomic E-state index is 0.112. The van der Waals surface area contributed by atoms with E-state index in [0.717, 1.165) is 22.9 Å². The van der Waals surface area contributed by atoms with Crippen LogP contribution in [0.15, 0.2) is 54.6 Å². The third kappa shape index (κ3) is 5.16. The molecule has 0 radical (unpaired) electrons. The predicted molar refractivity (Wildman–Crippen MR) is 109 cm³/mol. The molecule has 8 heteroatoms. The number of benzene rings is 3. The van der Waals surface area contributed by atoms with Crippen LogP contribution in [0.5, 0.6) is 17.2 Å². The summed E-state index contributed by atoms with van der Waals surface area (Å²) in [5, 5.41) is 4.23. The maximum Gasteiger partial charge on any atom is 0.416 e. The van der Waals surface area contributed by atoms with E-state index in [1.54, 1.807) is 37.3 Å². The molecule has 0 aliphatic rings. The van der Waals surface area contributed by atoms with Crippen molar-refractivity contribution < 1.29 is 27.4 Å². The van der Waals surface area contributed by atoms with Crippen LogP contribution in [-0.4, -0.2) is 18.6 Å². The number of halogens is 4. The minimum atomic E-state index is -4.48. The van der Waals surface area contributed by atoms with Crippen LogP contribution in [0.3, 0.4) is 0 Å². The highest BCUT2D eigenvalue weighted by atomic mass is 35.5. The number of nitrogens with one attached hydrogen (secondary N) is 1. The number of carbonyl (C=O) groups excluding carboxylic acids is 1. The molecule has 0 spiro atoms. The second-order valence-electron chi connectivity index (χ2n) is 6.57. The number of amides is 1. The van der Waals surface area contributed by atoms with Gasteiger partial charge in [0, 0.05) is 6.54 Å². The van der Waals surface area contributed by atoms with Crippen molar-refractivity contribution in [3.05, 3.63) is 65.2 Å². The average molecular weight is 438 g/mol. The van der Waals surface area contributed by atoms with E-state index in [-0.39, 0.29) is 16.7 Å². The fourth-order valence-corrected chi connectivity index (χ4v) is 3.02. The summed E-state index contributed by atoms with van der Waals surface area (Å²) < 4.78 is 49.7. The van der Waals surface area contributed by atoms with Crippen LogP contribution in [0.25, 0.3) is 10.8 Å². The van der Waals surface area contributed by atoms with Gasteiger partial charge in [0.25, 0.3) is 5.91 Å². The molecule has 3 rings (SSSR count). The zero-order valence-corrected chi connectivity index (χ0v) is 17.0. The molecule has 0 saturated heterocycles. The molecule has 0 saturated carbocycles. The second kappa shape index (κ2) is 8.83. The lowest BCUT2D eigenvalue weighted by atomic mass is 10.1. The topological polar surface area (TPSA) is 47.6 Å². The van der Waals surface area contributed by atoms with Gasteiger partial charge < -0.3 is 14.8 Å². The molecule has 0 heterocycles. The molecule has 30 heavy (non-hydrogen) atoms. The number of fused-ring (bicyclic) bond motifs is 1. The first-order chi connectivity index (χ1) is 14.2. The van der Waals surface area contributed by atoms with E-state index >= 15 is 0 Å². The largest absolute Gasteiger partial charge is 0.481 e. The lowest BCUT2D eigenvalue weighted by Gasteiger charge is -2.15. The predicted octanol–water partition coefficient (Wildman–Crippen LogP) is 6.21. The first kappa shape index (κ1) is 21.8. The summed E-state index contributed by atoms with van der Waals surface area (Å²) in [6, 6.07) is 13.5. The van der Waals surface area contributed by atoms with Crippen molar-refractivity contribution in [3.63, 3.8) is 0 Å². The van der Waals surface area contributed by atoms with E-state index in [2.05, 4.69) is 5.32 Å². The third-order valence-corrected chi connectivity index (χ3v) is 4.60. The van der Waals surface area contributed by atoms with Crippen molar-refractivity contribution >= 4 is 28.3 Å². The summed E-state index contributed by atoms with van der Waals surface area (Å²) in [5.74, 6) is 0.803. The van der Waals surface area contributed by atoms with Crippen molar-refractivity contribution in [1.82, 2.24) is 5.32 Å². The van der Waals surface area contributed by atoms with E-state index < -0.39 is 17.8 Å². The number of rotatable bonds is 6. The lowest BCUT2D eigenvalue weighted by Crippen LogP contribution is -2.36. The molecule has 3 aromatic carbocycles. The summed E-state index contributed by atoms with van der Waals surface area (Å²) in [4.78, 5) is 11.8. The van der Waals surface area contributed by atoms with E-state index in [1.165, 1.54) is 6.07 Å². The molecule has 0 aromatic heterocycles. The molecule has 0 fully saturated rings. The number of hydrogen-bond acceptors (Lipinski definition) is 3. The molecule has 4 nitrogen and oxygen atoms in total. The van der Waals surface area contributed by atoms with E-state index in [9.17, 15) is 18.0 Å². The molecule has 158 valence electrons. The minimum Gasteiger partial charge on any atom is -0.481 e. The van der Waals surface area contributed by atoms with Crippen LogP contribution in [0.4, 0.5) is 13.2 Å². The normalized spacial score (nSPS) is 12.5. The lowest BCUT2D eigenvalue weighted by molar-refractivity contribution is -0.137. The highest BCUT2D eigenvalue weighted by Gasteiger charge is 2.31. The maximum absolute atomic E-state index is 12.8. The third-order valence-electron chi connectivity index (χ3n) is 4.30. The number of likely N-dealkylation sites (N-methyl/N-ethyl adjacent to an activating group) is 1. The molecule has 1 N–H and O–H groups in total. The summed E-state index contributed by atoms with van der Waals surface area (Å²) >= 11 is 5.96. The summed E-state index contributed by atoms with van der Waals surface area (Å²) in [6.07, 6.45) is -5.14. The van der Waals surface area contributed by atoms with Gasteiger partial charge in [0.1, 0.15) is 17.2 Å². The number of alkyl halides is 3. The van der Waals surface area contributed by atoms with Crippen LogP contribution in [-0.2, 0) is 11.0 Å². The van der Waals surface area contributed by atoms with Crippen molar-refractivity contribution in [2.45, 2.75) is 26.1 Å². The Kier molecular flexibility index (Phi) is 6.41. The van der Waals surface area contributed by atoms with E-state index in [1.807, 2.05) is 13.0 Å². The first-order valence-corrected chi connectivity index (χ1v) is 9.58. The van der Waals surface area contributed by atoms with Gasteiger partial charge in [-0.3, -0.25) is 4.79 Å². The highest BCUT2D eigenvalue weighted by molar-refractivity contribution is 6.32. The van der Waals surface area contributed by atoms with Crippen molar-refractivity contribution in [2.24, 2.45) is 0 Å². The maximum atomic E-state index is 12.8. The Morgan fingerprint density at radius 2 is 1.70 bits per heavy atom. The molecular weight excluding hydrogens is 419 g/mol. The first-order valence-electron chi connectivity index (χ1n) is 9.20. The van der Waals surface area contributed by atoms with Crippen LogP contribution in [0.2, 0.25) is 5.02 Å². The van der Waals surface area contributed by atoms with Gasteiger partial charge in [-0.15, -0.1) is 0 Å². The quantitative estimate of drug-likeness (QED) is 0.499. The Labute approximate surface area is 176 Å². The monoisotopic (exact) mass is 437 g/mol. The van der Waals surface area contributed by atoms with Crippen LogP contribution >= 0.6 is 11.6 Å². The summed E-state index contributed by atoms with van der Waals surface area (Å²) in [6.45, 7) is 3.99. The van der Waals surface area contributed by atoms with Gasteiger partial charge in [-0.2, -0.15) is 13.2 Å². The van der Waals surface area contributed by atoms with E-state index in [4.69, 9.17) is 21.1 Å². The van der Waals surface area contributed by atoms with Gasteiger partial charge in [-0.25, -0.2) is 0 Å². The Balaban J connectivity index is 1.82. The summed E-state index contributed by atoms with van der Waals surface area (Å²) in [5.41, 5.74) is -0.846. The van der Waals surface area contributed by atoms with Crippen molar-refractivity contribution in [1.29, 1.82) is 0 Å². The summed E-state index contributed by atoms with van der Waals surface area (Å²) in [7, 11) is 0.